The standard InChI is InChI=1S/C20H22N2O6/c1-3-26-19(24)14-11-15(20(25)27-4-2)13-17(12-14)22-21-16-5-7-18(8-6-16)28-10-9-23/h5-8,11-13,23H,3-4,9-10H2,1-2H3. The lowest BCUT2D eigenvalue weighted by atomic mass is 10.1. The molecule has 0 atom stereocenters. The molecule has 0 fully saturated rings. The summed E-state index contributed by atoms with van der Waals surface area (Å²) in [5, 5.41) is 17.0. The van der Waals surface area contributed by atoms with Gasteiger partial charge in [0.25, 0.3) is 0 Å². The quantitative estimate of drug-likeness (QED) is 0.518. The lowest BCUT2D eigenvalue weighted by Gasteiger charge is -2.07. The van der Waals surface area contributed by atoms with E-state index in [1.165, 1.54) is 18.2 Å². The van der Waals surface area contributed by atoms with Gasteiger partial charge in [0.05, 0.1) is 42.3 Å². The Bertz CT molecular complexity index is 797. The number of benzene rings is 2. The Kier molecular flexibility index (Phi) is 8.11. The number of rotatable bonds is 9. The van der Waals surface area contributed by atoms with Crippen LogP contribution in [0.4, 0.5) is 11.4 Å². The van der Waals surface area contributed by atoms with Gasteiger partial charge in [-0.15, -0.1) is 0 Å². The molecule has 0 aliphatic carbocycles. The topological polar surface area (TPSA) is 107 Å². The van der Waals surface area contributed by atoms with Crippen molar-refractivity contribution in [3.05, 3.63) is 53.6 Å². The molecule has 0 aromatic heterocycles. The van der Waals surface area contributed by atoms with Gasteiger partial charge in [-0.3, -0.25) is 0 Å². The summed E-state index contributed by atoms with van der Waals surface area (Å²) in [6.07, 6.45) is 0. The number of esters is 2. The van der Waals surface area contributed by atoms with E-state index < -0.39 is 11.9 Å². The van der Waals surface area contributed by atoms with Crippen LogP contribution in [0.15, 0.2) is 52.7 Å². The van der Waals surface area contributed by atoms with Gasteiger partial charge < -0.3 is 19.3 Å². The van der Waals surface area contributed by atoms with Crippen LogP contribution in [0.1, 0.15) is 34.6 Å². The van der Waals surface area contributed by atoms with Gasteiger partial charge in [0.15, 0.2) is 0 Å². The second-order valence-electron chi connectivity index (χ2n) is 5.48. The van der Waals surface area contributed by atoms with Crippen molar-refractivity contribution >= 4 is 23.3 Å². The number of nitrogens with zero attached hydrogens (tertiary/aromatic N) is 2. The van der Waals surface area contributed by atoms with Crippen LogP contribution in [0.3, 0.4) is 0 Å². The van der Waals surface area contributed by atoms with Gasteiger partial charge in [0.2, 0.25) is 0 Å². The summed E-state index contributed by atoms with van der Waals surface area (Å²) in [5.41, 5.74) is 1.24. The van der Waals surface area contributed by atoms with Crippen molar-refractivity contribution in [3.63, 3.8) is 0 Å². The number of hydrogen-bond acceptors (Lipinski definition) is 8. The van der Waals surface area contributed by atoms with E-state index in [0.29, 0.717) is 17.1 Å². The second-order valence-corrected chi connectivity index (χ2v) is 5.48. The average Bonchev–Trinajstić information content (AvgIpc) is 2.71. The summed E-state index contributed by atoms with van der Waals surface area (Å²) in [7, 11) is 0. The SMILES string of the molecule is CCOC(=O)c1cc(N=Nc2ccc(OCCO)cc2)cc(C(=O)OCC)c1. The molecule has 148 valence electrons. The summed E-state index contributed by atoms with van der Waals surface area (Å²) in [6, 6.07) is 11.2. The van der Waals surface area contributed by atoms with Gasteiger partial charge in [-0.2, -0.15) is 10.2 Å². The number of ether oxygens (including phenoxy) is 3. The maximum absolute atomic E-state index is 12.0. The third-order valence-corrected chi connectivity index (χ3v) is 3.42. The fraction of sp³-hybridized carbons (Fsp3) is 0.300. The third-order valence-electron chi connectivity index (χ3n) is 3.42. The van der Waals surface area contributed by atoms with Crippen molar-refractivity contribution < 1.29 is 28.9 Å². The number of aliphatic hydroxyl groups excluding tert-OH is 1. The first-order chi connectivity index (χ1) is 13.6. The summed E-state index contributed by atoms with van der Waals surface area (Å²) in [6.45, 7) is 3.95. The molecule has 0 saturated heterocycles. The van der Waals surface area contributed by atoms with Crippen LogP contribution >= 0.6 is 0 Å². The zero-order valence-corrected chi connectivity index (χ0v) is 15.8. The van der Waals surface area contributed by atoms with Gasteiger partial charge in [-0.1, -0.05) is 0 Å². The van der Waals surface area contributed by atoms with Gasteiger partial charge >= 0.3 is 11.9 Å². The highest BCUT2D eigenvalue weighted by Gasteiger charge is 2.14. The zero-order valence-electron chi connectivity index (χ0n) is 15.8. The molecule has 0 bridgehead atoms. The van der Waals surface area contributed by atoms with Crippen molar-refractivity contribution in [1.29, 1.82) is 0 Å². The second kappa shape index (κ2) is 10.8. The molecule has 0 radical (unpaired) electrons. The Morgan fingerprint density at radius 3 is 1.89 bits per heavy atom. The van der Waals surface area contributed by atoms with Crippen molar-refractivity contribution in [2.24, 2.45) is 10.2 Å². The van der Waals surface area contributed by atoms with E-state index in [-0.39, 0.29) is 37.6 Å². The largest absolute Gasteiger partial charge is 0.491 e. The maximum Gasteiger partial charge on any atom is 0.338 e. The van der Waals surface area contributed by atoms with Crippen molar-refractivity contribution in [2.75, 3.05) is 26.4 Å². The van der Waals surface area contributed by atoms with E-state index in [1.807, 2.05) is 0 Å². The third kappa shape index (κ3) is 6.17. The Morgan fingerprint density at radius 1 is 0.857 bits per heavy atom. The smallest absolute Gasteiger partial charge is 0.338 e. The number of carbonyl (C=O) groups excluding carboxylic acids is 2. The molecule has 0 aliphatic heterocycles. The number of hydrogen-bond donors (Lipinski definition) is 1. The molecule has 2 rings (SSSR count). The minimum absolute atomic E-state index is 0.0684. The first kappa shape index (κ1) is 21.0. The van der Waals surface area contributed by atoms with Crippen LogP contribution in [0.2, 0.25) is 0 Å². The summed E-state index contributed by atoms with van der Waals surface area (Å²) < 4.78 is 15.3. The molecule has 0 unspecified atom stereocenters. The van der Waals surface area contributed by atoms with Crippen LogP contribution in [0, 0.1) is 0 Å². The highest BCUT2D eigenvalue weighted by molar-refractivity contribution is 5.96. The molecule has 0 saturated carbocycles. The molecule has 0 aliphatic rings. The van der Waals surface area contributed by atoms with E-state index >= 15 is 0 Å². The molecule has 2 aromatic rings. The van der Waals surface area contributed by atoms with Crippen LogP contribution in [0.25, 0.3) is 0 Å². The van der Waals surface area contributed by atoms with E-state index in [2.05, 4.69) is 10.2 Å². The molecular formula is C20H22N2O6. The Morgan fingerprint density at radius 2 is 1.39 bits per heavy atom. The van der Waals surface area contributed by atoms with Gasteiger partial charge in [-0.05, 0) is 56.3 Å². The lowest BCUT2D eigenvalue weighted by Crippen LogP contribution is -2.09. The average molecular weight is 386 g/mol. The fourth-order valence-electron chi connectivity index (χ4n) is 2.22. The summed E-state index contributed by atoms with van der Waals surface area (Å²) >= 11 is 0. The molecule has 28 heavy (non-hydrogen) atoms. The summed E-state index contributed by atoms with van der Waals surface area (Å²) in [4.78, 5) is 24.1. The van der Waals surface area contributed by atoms with Gasteiger partial charge in [0.1, 0.15) is 12.4 Å². The Hall–Kier alpha value is -3.26. The van der Waals surface area contributed by atoms with Crippen molar-refractivity contribution in [1.82, 2.24) is 0 Å². The number of azo groups is 1. The number of aliphatic hydroxyl groups is 1. The lowest BCUT2D eigenvalue weighted by molar-refractivity contribution is 0.0525. The minimum Gasteiger partial charge on any atom is -0.491 e. The van der Waals surface area contributed by atoms with Gasteiger partial charge in [0, 0.05) is 0 Å². The monoisotopic (exact) mass is 386 g/mol. The highest BCUT2D eigenvalue weighted by atomic mass is 16.5. The van der Waals surface area contributed by atoms with Crippen molar-refractivity contribution in [3.8, 4) is 5.75 Å². The van der Waals surface area contributed by atoms with E-state index in [9.17, 15) is 9.59 Å². The summed E-state index contributed by atoms with van der Waals surface area (Å²) in [5.74, 6) is -0.520. The van der Waals surface area contributed by atoms with E-state index in [4.69, 9.17) is 19.3 Å². The predicted octanol–water partition coefficient (Wildman–Crippen LogP) is 3.83. The van der Waals surface area contributed by atoms with Gasteiger partial charge in [-0.25, -0.2) is 9.59 Å². The zero-order chi connectivity index (χ0) is 20.4. The van der Waals surface area contributed by atoms with Crippen molar-refractivity contribution in [2.45, 2.75) is 13.8 Å². The van der Waals surface area contributed by atoms with E-state index in [0.717, 1.165) is 0 Å². The molecular weight excluding hydrogens is 364 g/mol. The van der Waals surface area contributed by atoms with Crippen LogP contribution < -0.4 is 4.74 Å². The molecule has 1 N–H and O–H groups in total. The first-order valence-electron chi connectivity index (χ1n) is 8.82. The highest BCUT2D eigenvalue weighted by Crippen LogP contribution is 2.24. The normalized spacial score (nSPS) is 10.7. The van der Waals surface area contributed by atoms with Crippen LogP contribution in [-0.4, -0.2) is 43.5 Å². The van der Waals surface area contributed by atoms with Crippen LogP contribution in [-0.2, 0) is 9.47 Å². The van der Waals surface area contributed by atoms with E-state index in [1.54, 1.807) is 38.1 Å². The molecule has 2 aromatic carbocycles. The molecule has 0 spiro atoms. The number of carbonyl (C=O) groups is 2. The van der Waals surface area contributed by atoms with Crippen LogP contribution in [0.5, 0.6) is 5.75 Å². The fourth-order valence-corrected chi connectivity index (χ4v) is 2.22. The maximum atomic E-state index is 12.0. The Balaban J connectivity index is 2.26. The predicted molar refractivity (Wildman–Crippen MR) is 102 cm³/mol. The molecule has 0 heterocycles. The Labute approximate surface area is 162 Å². The molecule has 8 nitrogen and oxygen atoms in total. The molecule has 8 heteroatoms. The minimum atomic E-state index is -0.560. The molecule has 0 amide bonds. The first-order valence-corrected chi connectivity index (χ1v) is 8.82.